The fraction of sp³-hybridized carbons (Fsp3) is 0.455. The molecule has 1 rings (SSSR count). The van der Waals surface area contributed by atoms with E-state index in [2.05, 4.69) is 4.98 Å². The Kier molecular flexibility index (Phi) is 3.49. The van der Waals surface area contributed by atoms with Crippen LogP contribution in [0.1, 0.15) is 19.4 Å². The Morgan fingerprint density at radius 2 is 2.25 bits per heavy atom. The van der Waals surface area contributed by atoms with Crippen molar-refractivity contribution in [2.24, 2.45) is 5.73 Å². The van der Waals surface area contributed by atoms with Crippen molar-refractivity contribution in [2.45, 2.75) is 19.4 Å². The molecule has 16 heavy (non-hydrogen) atoms. The molecular formula is C11H18N4O. The predicted molar refractivity (Wildman–Crippen MR) is 64.8 cm³/mol. The van der Waals surface area contributed by atoms with Crippen LogP contribution in [0.3, 0.4) is 0 Å². The molecule has 0 aliphatic carbocycles. The van der Waals surface area contributed by atoms with Crippen LogP contribution in [0, 0.1) is 5.41 Å². The minimum Gasteiger partial charge on any atom is -0.394 e. The first-order valence-electron chi connectivity index (χ1n) is 5.03. The molecule has 5 nitrogen and oxygen atoms in total. The smallest absolute Gasteiger partial charge is 0.129 e. The van der Waals surface area contributed by atoms with Gasteiger partial charge in [0.1, 0.15) is 11.7 Å². The van der Waals surface area contributed by atoms with Gasteiger partial charge in [0.15, 0.2) is 0 Å². The standard InChI is InChI=1S/C11H18N4O/c1-11(2,7-16)15(3)9-6-8(10(12)13)4-5-14-9/h4-6,16H,7H2,1-3H3,(H3,12,13). The maximum atomic E-state index is 9.27. The Morgan fingerprint density at radius 1 is 1.62 bits per heavy atom. The minimum absolute atomic E-state index is 0.0128. The summed E-state index contributed by atoms with van der Waals surface area (Å²) in [6.45, 7) is 3.85. The normalized spacial score (nSPS) is 11.2. The second-order valence-corrected chi connectivity index (χ2v) is 4.35. The molecule has 88 valence electrons. The number of nitrogens with two attached hydrogens (primary N) is 1. The number of nitrogens with one attached hydrogen (secondary N) is 1. The van der Waals surface area contributed by atoms with Gasteiger partial charge in [-0.1, -0.05) is 0 Å². The highest BCUT2D eigenvalue weighted by Gasteiger charge is 2.23. The lowest BCUT2D eigenvalue weighted by atomic mass is 10.1. The first-order chi connectivity index (χ1) is 7.38. The minimum atomic E-state index is -0.400. The molecule has 1 aromatic rings. The summed E-state index contributed by atoms with van der Waals surface area (Å²) < 4.78 is 0. The van der Waals surface area contributed by atoms with Gasteiger partial charge in [0.2, 0.25) is 0 Å². The molecule has 0 aromatic carbocycles. The number of amidine groups is 1. The van der Waals surface area contributed by atoms with E-state index < -0.39 is 5.54 Å². The molecule has 0 amide bonds. The van der Waals surface area contributed by atoms with Gasteiger partial charge in [-0.05, 0) is 26.0 Å². The number of aliphatic hydroxyl groups excluding tert-OH is 1. The average Bonchev–Trinajstić information content (AvgIpc) is 2.28. The second kappa shape index (κ2) is 4.49. The number of nitrogens with zero attached hydrogens (tertiary/aromatic N) is 2. The number of nitrogen functional groups attached to an aromatic ring is 1. The molecule has 0 bridgehead atoms. The number of hydrogen-bond acceptors (Lipinski definition) is 4. The molecule has 0 aliphatic heterocycles. The monoisotopic (exact) mass is 222 g/mol. The molecule has 5 heteroatoms. The molecule has 0 aliphatic rings. The van der Waals surface area contributed by atoms with Crippen LogP contribution in [-0.4, -0.2) is 35.1 Å². The molecular weight excluding hydrogens is 204 g/mol. The van der Waals surface area contributed by atoms with Gasteiger partial charge in [-0.2, -0.15) is 0 Å². The van der Waals surface area contributed by atoms with E-state index in [0.717, 1.165) is 0 Å². The highest BCUT2D eigenvalue weighted by Crippen LogP contribution is 2.20. The lowest BCUT2D eigenvalue weighted by Gasteiger charge is -2.35. The van der Waals surface area contributed by atoms with E-state index in [1.165, 1.54) is 0 Å². The maximum absolute atomic E-state index is 9.27. The zero-order valence-corrected chi connectivity index (χ0v) is 9.86. The van der Waals surface area contributed by atoms with Gasteiger partial charge >= 0.3 is 0 Å². The Bertz CT molecular complexity index is 389. The summed E-state index contributed by atoms with van der Waals surface area (Å²) in [5, 5.41) is 16.6. The Labute approximate surface area is 95.4 Å². The number of hydrogen-bond donors (Lipinski definition) is 3. The topological polar surface area (TPSA) is 86.2 Å². The van der Waals surface area contributed by atoms with Crippen molar-refractivity contribution < 1.29 is 5.11 Å². The van der Waals surface area contributed by atoms with Gasteiger partial charge < -0.3 is 15.7 Å². The predicted octanol–water partition coefficient (Wildman–Crippen LogP) is 0.573. The number of rotatable bonds is 4. The van der Waals surface area contributed by atoms with Crippen molar-refractivity contribution in [3.8, 4) is 0 Å². The summed E-state index contributed by atoms with van der Waals surface area (Å²) in [5.74, 6) is 0.700. The third-order valence-electron chi connectivity index (χ3n) is 2.70. The van der Waals surface area contributed by atoms with Crippen LogP contribution in [0.2, 0.25) is 0 Å². The molecule has 1 aromatic heterocycles. The fourth-order valence-electron chi connectivity index (χ4n) is 1.19. The molecule has 0 radical (unpaired) electrons. The van der Waals surface area contributed by atoms with Crippen LogP contribution in [0.5, 0.6) is 0 Å². The van der Waals surface area contributed by atoms with Crippen LogP contribution in [0.4, 0.5) is 5.82 Å². The van der Waals surface area contributed by atoms with Crippen molar-refractivity contribution in [2.75, 3.05) is 18.6 Å². The molecule has 1 heterocycles. The Morgan fingerprint density at radius 3 is 2.75 bits per heavy atom. The van der Waals surface area contributed by atoms with E-state index in [1.807, 2.05) is 25.8 Å². The van der Waals surface area contributed by atoms with Crippen molar-refractivity contribution >= 4 is 11.7 Å². The molecule has 0 fully saturated rings. The summed E-state index contributed by atoms with van der Waals surface area (Å²) in [6.07, 6.45) is 1.61. The molecule has 4 N–H and O–H groups in total. The SMILES string of the molecule is CN(c1cc(C(=N)N)ccn1)C(C)(C)CO. The van der Waals surface area contributed by atoms with Gasteiger partial charge in [0, 0.05) is 18.8 Å². The Hall–Kier alpha value is -1.62. The zero-order valence-electron chi connectivity index (χ0n) is 9.86. The lowest BCUT2D eigenvalue weighted by molar-refractivity contribution is 0.215. The van der Waals surface area contributed by atoms with Gasteiger partial charge in [0.05, 0.1) is 12.1 Å². The average molecular weight is 222 g/mol. The summed E-state index contributed by atoms with van der Waals surface area (Å²) in [6, 6.07) is 3.42. The first-order valence-corrected chi connectivity index (χ1v) is 5.03. The van der Waals surface area contributed by atoms with E-state index in [-0.39, 0.29) is 12.4 Å². The summed E-state index contributed by atoms with van der Waals surface area (Å²) in [5.41, 5.74) is 5.64. The van der Waals surface area contributed by atoms with E-state index in [0.29, 0.717) is 11.4 Å². The molecule has 0 atom stereocenters. The molecule has 0 spiro atoms. The fourth-order valence-corrected chi connectivity index (χ4v) is 1.19. The highest BCUT2D eigenvalue weighted by molar-refractivity contribution is 5.95. The number of aliphatic hydroxyl groups is 1. The van der Waals surface area contributed by atoms with E-state index in [4.69, 9.17) is 11.1 Å². The van der Waals surface area contributed by atoms with Gasteiger partial charge in [0.25, 0.3) is 0 Å². The first kappa shape index (κ1) is 12.4. The number of likely N-dealkylation sites (N-methyl/N-ethyl adjacent to an activating group) is 1. The van der Waals surface area contributed by atoms with Crippen LogP contribution < -0.4 is 10.6 Å². The summed E-state index contributed by atoms with van der Waals surface area (Å²) in [4.78, 5) is 6.06. The number of pyridine rings is 1. The van der Waals surface area contributed by atoms with Crippen molar-refractivity contribution in [1.29, 1.82) is 5.41 Å². The quantitative estimate of drug-likeness (QED) is 0.513. The second-order valence-electron chi connectivity index (χ2n) is 4.35. The van der Waals surface area contributed by atoms with Crippen LogP contribution in [0.25, 0.3) is 0 Å². The van der Waals surface area contributed by atoms with Crippen molar-refractivity contribution in [1.82, 2.24) is 4.98 Å². The zero-order chi connectivity index (χ0) is 12.3. The lowest BCUT2D eigenvalue weighted by Crippen LogP contribution is -2.44. The number of anilines is 1. The van der Waals surface area contributed by atoms with Gasteiger partial charge in [-0.25, -0.2) is 4.98 Å². The summed E-state index contributed by atoms with van der Waals surface area (Å²) in [7, 11) is 1.85. The van der Waals surface area contributed by atoms with Crippen LogP contribution in [-0.2, 0) is 0 Å². The maximum Gasteiger partial charge on any atom is 0.129 e. The van der Waals surface area contributed by atoms with E-state index >= 15 is 0 Å². The highest BCUT2D eigenvalue weighted by atomic mass is 16.3. The van der Waals surface area contributed by atoms with Gasteiger partial charge in [-0.3, -0.25) is 5.41 Å². The largest absolute Gasteiger partial charge is 0.394 e. The van der Waals surface area contributed by atoms with E-state index in [1.54, 1.807) is 18.3 Å². The van der Waals surface area contributed by atoms with Crippen molar-refractivity contribution in [3.05, 3.63) is 23.9 Å². The molecule has 0 saturated heterocycles. The van der Waals surface area contributed by atoms with Gasteiger partial charge in [-0.15, -0.1) is 0 Å². The van der Waals surface area contributed by atoms with E-state index in [9.17, 15) is 5.11 Å². The van der Waals surface area contributed by atoms with Crippen LogP contribution in [0.15, 0.2) is 18.3 Å². The van der Waals surface area contributed by atoms with Crippen LogP contribution >= 0.6 is 0 Å². The third-order valence-corrected chi connectivity index (χ3v) is 2.70. The third kappa shape index (κ3) is 2.49. The number of aromatic nitrogens is 1. The molecule has 0 unspecified atom stereocenters. The summed E-state index contributed by atoms with van der Waals surface area (Å²) >= 11 is 0. The molecule has 0 saturated carbocycles. The van der Waals surface area contributed by atoms with Crippen molar-refractivity contribution in [3.63, 3.8) is 0 Å². The Balaban J connectivity index is 3.05.